The lowest BCUT2D eigenvalue weighted by Gasteiger charge is -2.19. The van der Waals surface area contributed by atoms with Crippen molar-refractivity contribution in [2.45, 2.75) is 33.1 Å². The first-order chi connectivity index (χ1) is 12.5. The Morgan fingerprint density at radius 3 is 2.08 bits per heavy atom. The number of carbonyl (C=O) groups excluding carboxylic acids is 3. The zero-order valence-electron chi connectivity index (χ0n) is 15.2. The summed E-state index contributed by atoms with van der Waals surface area (Å²) in [6.07, 6.45) is 6.64. The molecule has 3 amide bonds. The van der Waals surface area contributed by atoms with Crippen LogP contribution in [0.15, 0.2) is 30.4 Å². The number of nitrogens with one attached hydrogen (secondary N) is 1. The lowest BCUT2D eigenvalue weighted by Crippen LogP contribution is -2.39. The molecule has 4 atom stereocenters. The molecule has 1 saturated heterocycles. The maximum Gasteiger partial charge on any atom is 0.244 e. The van der Waals surface area contributed by atoms with E-state index in [4.69, 9.17) is 0 Å². The van der Waals surface area contributed by atoms with Gasteiger partial charge >= 0.3 is 0 Å². The van der Waals surface area contributed by atoms with Gasteiger partial charge in [0.05, 0.1) is 11.8 Å². The van der Waals surface area contributed by atoms with Crippen molar-refractivity contribution in [3.63, 3.8) is 0 Å². The van der Waals surface area contributed by atoms with Crippen molar-refractivity contribution >= 4 is 23.4 Å². The van der Waals surface area contributed by atoms with Crippen LogP contribution in [0.5, 0.6) is 0 Å². The second kappa shape index (κ2) is 6.38. The van der Waals surface area contributed by atoms with Gasteiger partial charge in [-0.05, 0) is 42.2 Å². The van der Waals surface area contributed by atoms with Gasteiger partial charge < -0.3 is 5.32 Å². The number of aryl methyl sites for hydroxylation is 2. The summed E-state index contributed by atoms with van der Waals surface area (Å²) in [4.78, 5) is 39.2. The third-order valence-electron chi connectivity index (χ3n) is 6.13. The van der Waals surface area contributed by atoms with Crippen molar-refractivity contribution in [3.05, 3.63) is 41.5 Å². The molecule has 0 unspecified atom stereocenters. The van der Waals surface area contributed by atoms with Crippen molar-refractivity contribution in [2.24, 2.45) is 23.7 Å². The molecular formula is C21H24N2O3. The van der Waals surface area contributed by atoms with Crippen LogP contribution in [0.4, 0.5) is 5.69 Å². The van der Waals surface area contributed by atoms with E-state index in [1.165, 1.54) is 4.90 Å². The molecule has 1 aromatic rings. The van der Waals surface area contributed by atoms with Crippen molar-refractivity contribution < 1.29 is 14.4 Å². The van der Waals surface area contributed by atoms with Crippen LogP contribution in [0.3, 0.4) is 0 Å². The van der Waals surface area contributed by atoms with E-state index in [-0.39, 0.29) is 47.9 Å². The first-order valence-corrected chi connectivity index (χ1v) is 9.49. The van der Waals surface area contributed by atoms with Crippen LogP contribution in [0.2, 0.25) is 0 Å². The van der Waals surface area contributed by atoms with Crippen LogP contribution >= 0.6 is 0 Å². The van der Waals surface area contributed by atoms with Gasteiger partial charge in [0.2, 0.25) is 17.7 Å². The van der Waals surface area contributed by atoms with E-state index >= 15 is 0 Å². The number of hydrogen-bond acceptors (Lipinski definition) is 3. The maximum absolute atomic E-state index is 12.7. The Labute approximate surface area is 153 Å². The number of hydrogen-bond donors (Lipinski definition) is 1. The molecule has 1 saturated carbocycles. The molecule has 4 rings (SSSR count). The zero-order chi connectivity index (χ0) is 18.4. The first kappa shape index (κ1) is 17.0. The quantitative estimate of drug-likeness (QED) is 0.654. The van der Waals surface area contributed by atoms with Gasteiger partial charge in [-0.1, -0.05) is 44.2 Å². The zero-order valence-corrected chi connectivity index (χ0v) is 15.2. The van der Waals surface area contributed by atoms with E-state index in [1.807, 2.05) is 32.0 Å². The fraction of sp³-hybridized carbons (Fsp3) is 0.476. The summed E-state index contributed by atoms with van der Waals surface area (Å²) in [5, 5.41) is 2.95. The number of amides is 3. The number of allylic oxidation sites excluding steroid dienone is 2. The number of anilines is 1. The van der Waals surface area contributed by atoms with Crippen LogP contribution in [0.1, 0.15) is 31.4 Å². The Hall–Kier alpha value is -2.43. The minimum absolute atomic E-state index is 0.169. The molecule has 2 aliphatic carbocycles. The summed E-state index contributed by atoms with van der Waals surface area (Å²) in [7, 11) is 0. The molecule has 2 bridgehead atoms. The molecule has 0 spiro atoms. The van der Waals surface area contributed by atoms with E-state index in [0.717, 1.165) is 36.1 Å². The molecule has 0 aromatic heterocycles. The van der Waals surface area contributed by atoms with Gasteiger partial charge in [0.25, 0.3) is 0 Å². The van der Waals surface area contributed by atoms with Gasteiger partial charge in [-0.2, -0.15) is 0 Å². The van der Waals surface area contributed by atoms with Crippen molar-refractivity contribution in [1.82, 2.24) is 4.90 Å². The Bertz CT molecular complexity index is 761. The average molecular weight is 352 g/mol. The highest BCUT2D eigenvalue weighted by Crippen LogP contribution is 2.52. The van der Waals surface area contributed by atoms with Crippen LogP contribution < -0.4 is 5.32 Å². The number of rotatable bonds is 5. The Morgan fingerprint density at radius 1 is 1.04 bits per heavy atom. The second-order valence-electron chi connectivity index (χ2n) is 7.47. The van der Waals surface area contributed by atoms with Crippen molar-refractivity contribution in [1.29, 1.82) is 0 Å². The minimum Gasteiger partial charge on any atom is -0.324 e. The highest BCUT2D eigenvalue weighted by atomic mass is 16.2. The third kappa shape index (κ3) is 2.49. The molecule has 26 heavy (non-hydrogen) atoms. The number of nitrogens with zero attached hydrogens (tertiary/aromatic N) is 1. The Balaban J connectivity index is 1.50. The smallest absolute Gasteiger partial charge is 0.244 e. The van der Waals surface area contributed by atoms with Gasteiger partial charge in [-0.15, -0.1) is 0 Å². The van der Waals surface area contributed by atoms with E-state index in [2.05, 4.69) is 17.5 Å². The number of carbonyl (C=O) groups is 3. The van der Waals surface area contributed by atoms with E-state index < -0.39 is 0 Å². The largest absolute Gasteiger partial charge is 0.324 e. The van der Waals surface area contributed by atoms with Crippen LogP contribution in [-0.4, -0.2) is 29.2 Å². The summed E-state index contributed by atoms with van der Waals surface area (Å²) in [5.74, 6) is -0.816. The molecule has 1 aliphatic heterocycles. The molecule has 0 radical (unpaired) electrons. The molecule has 3 aliphatic rings. The average Bonchev–Trinajstić information content (AvgIpc) is 3.32. The third-order valence-corrected chi connectivity index (χ3v) is 6.13. The highest BCUT2D eigenvalue weighted by molar-refractivity contribution is 6.09. The Kier molecular flexibility index (Phi) is 4.17. The van der Waals surface area contributed by atoms with Crippen LogP contribution in [-0.2, 0) is 27.2 Å². The van der Waals surface area contributed by atoms with Crippen molar-refractivity contribution in [2.75, 3.05) is 11.9 Å². The number of imide groups is 1. The topological polar surface area (TPSA) is 66.5 Å². The molecule has 5 nitrogen and oxygen atoms in total. The van der Waals surface area contributed by atoms with E-state index in [1.54, 1.807) is 0 Å². The number of fused-ring (bicyclic) bond motifs is 5. The molecule has 5 heteroatoms. The minimum atomic E-state index is -0.303. The lowest BCUT2D eigenvalue weighted by atomic mass is 9.85. The highest BCUT2D eigenvalue weighted by Gasteiger charge is 2.59. The predicted molar refractivity (Wildman–Crippen MR) is 98.3 cm³/mol. The normalized spacial score (nSPS) is 28.8. The Morgan fingerprint density at radius 2 is 1.58 bits per heavy atom. The molecular weight excluding hydrogens is 328 g/mol. The van der Waals surface area contributed by atoms with Crippen LogP contribution in [0.25, 0.3) is 0 Å². The molecule has 136 valence electrons. The number of benzene rings is 1. The fourth-order valence-corrected chi connectivity index (χ4v) is 4.85. The standard InChI is InChI=1S/C21H24N2O3/c1-3-12-6-5-7-13(4-2)19(12)22-16(24)11-23-20(25)17-14-8-9-15(10-14)18(17)21(23)26/h5-9,14-15,17-18H,3-4,10-11H2,1-2H3,(H,22,24)/t14-,15+,17-,18-/m0/s1. The monoisotopic (exact) mass is 352 g/mol. The van der Waals surface area contributed by atoms with Crippen LogP contribution in [0, 0.1) is 23.7 Å². The summed E-state index contributed by atoms with van der Waals surface area (Å²) in [6, 6.07) is 5.98. The maximum atomic E-state index is 12.7. The predicted octanol–water partition coefficient (Wildman–Crippen LogP) is 2.56. The van der Waals surface area contributed by atoms with Crippen molar-refractivity contribution in [3.8, 4) is 0 Å². The number of likely N-dealkylation sites (tertiary alicyclic amines) is 1. The van der Waals surface area contributed by atoms with Gasteiger partial charge in [0, 0.05) is 5.69 Å². The molecule has 1 N–H and O–H groups in total. The summed E-state index contributed by atoms with van der Waals surface area (Å²) in [6.45, 7) is 3.90. The molecule has 2 fully saturated rings. The SMILES string of the molecule is CCc1cccc(CC)c1NC(=O)CN1C(=O)[C@@H]2[C@@H](C1=O)[C@H]1C=C[C@@H]2C1. The summed E-state index contributed by atoms with van der Waals surface area (Å²) in [5.41, 5.74) is 2.95. The van der Waals surface area contributed by atoms with Gasteiger partial charge in [0.1, 0.15) is 6.54 Å². The van der Waals surface area contributed by atoms with Gasteiger partial charge in [-0.3, -0.25) is 19.3 Å². The van der Waals surface area contributed by atoms with E-state index in [0.29, 0.717) is 0 Å². The second-order valence-corrected chi connectivity index (χ2v) is 7.47. The number of para-hydroxylation sites is 1. The lowest BCUT2D eigenvalue weighted by molar-refractivity contribution is -0.143. The van der Waals surface area contributed by atoms with Gasteiger partial charge in [-0.25, -0.2) is 0 Å². The van der Waals surface area contributed by atoms with Gasteiger partial charge in [0.15, 0.2) is 0 Å². The fourth-order valence-electron chi connectivity index (χ4n) is 4.85. The molecule has 1 heterocycles. The summed E-state index contributed by atoms with van der Waals surface area (Å²) < 4.78 is 0. The molecule has 1 aromatic carbocycles. The first-order valence-electron chi connectivity index (χ1n) is 9.49. The van der Waals surface area contributed by atoms with E-state index in [9.17, 15) is 14.4 Å². The summed E-state index contributed by atoms with van der Waals surface area (Å²) >= 11 is 0.